The van der Waals surface area contributed by atoms with Crippen LogP contribution in [0, 0.1) is 12.7 Å². The number of halogens is 1. The maximum absolute atomic E-state index is 13.8. The molecule has 0 radical (unpaired) electrons. The van der Waals surface area contributed by atoms with Gasteiger partial charge in [0.25, 0.3) is 0 Å². The molecule has 3 rings (SSSR count). The van der Waals surface area contributed by atoms with Crippen LogP contribution in [0.5, 0.6) is 0 Å². The van der Waals surface area contributed by atoms with E-state index in [1.165, 1.54) is 0 Å². The van der Waals surface area contributed by atoms with E-state index in [4.69, 9.17) is 0 Å². The highest BCUT2D eigenvalue weighted by molar-refractivity contribution is 5.80. The van der Waals surface area contributed by atoms with Crippen molar-refractivity contribution in [2.45, 2.75) is 33.2 Å². The summed E-state index contributed by atoms with van der Waals surface area (Å²) in [5.74, 6) is 1.44. The Morgan fingerprint density at radius 2 is 2.07 bits per heavy atom. The molecule has 0 spiro atoms. The molecule has 0 aliphatic carbocycles. The molecule has 0 amide bonds. The Bertz CT molecular complexity index is 898. The third-order valence-electron chi connectivity index (χ3n) is 4.45. The Hall–Kier alpha value is -2.89. The molecule has 142 valence electrons. The van der Waals surface area contributed by atoms with E-state index in [1.807, 2.05) is 44.2 Å². The molecule has 1 atom stereocenters. The zero-order chi connectivity index (χ0) is 19.2. The molecule has 0 aliphatic rings. The Balaban J connectivity index is 1.63. The monoisotopic (exact) mass is 367 g/mol. The molecule has 1 unspecified atom stereocenters. The number of benzene rings is 2. The number of aliphatic imine (C=N–C) groups is 1. The third-order valence-corrected chi connectivity index (χ3v) is 4.45. The van der Waals surface area contributed by atoms with Gasteiger partial charge in [0.1, 0.15) is 11.6 Å². The zero-order valence-electron chi connectivity index (χ0n) is 16.0. The third kappa shape index (κ3) is 4.84. The summed E-state index contributed by atoms with van der Waals surface area (Å²) >= 11 is 0. The van der Waals surface area contributed by atoms with E-state index in [2.05, 4.69) is 25.6 Å². The molecule has 2 aromatic carbocycles. The molecular weight excluding hydrogens is 341 g/mol. The van der Waals surface area contributed by atoms with Gasteiger partial charge in [-0.1, -0.05) is 24.3 Å². The first kappa shape index (κ1) is 18.9. The summed E-state index contributed by atoms with van der Waals surface area (Å²) in [6.07, 6.45) is 0.721. The average molecular weight is 367 g/mol. The van der Waals surface area contributed by atoms with E-state index >= 15 is 0 Å². The lowest BCUT2D eigenvalue weighted by Crippen LogP contribution is -2.39. The molecule has 3 N–H and O–H groups in total. The second-order valence-corrected chi connectivity index (χ2v) is 6.59. The number of hydrogen-bond acceptors (Lipinski definition) is 2. The molecule has 0 bridgehead atoms. The number of guanidine groups is 1. The molecule has 6 heteroatoms. The Labute approximate surface area is 159 Å². The van der Waals surface area contributed by atoms with Gasteiger partial charge in [0.05, 0.1) is 17.1 Å². The highest BCUT2D eigenvalue weighted by atomic mass is 19.1. The molecule has 0 aliphatic heterocycles. The predicted octanol–water partition coefficient (Wildman–Crippen LogP) is 3.87. The van der Waals surface area contributed by atoms with Crippen LogP contribution < -0.4 is 10.6 Å². The molecule has 0 fully saturated rings. The quantitative estimate of drug-likeness (QED) is 0.458. The smallest absolute Gasteiger partial charge is 0.191 e. The maximum atomic E-state index is 13.8. The van der Waals surface area contributed by atoms with E-state index in [0.717, 1.165) is 35.4 Å². The lowest BCUT2D eigenvalue weighted by Gasteiger charge is -2.18. The Morgan fingerprint density at radius 3 is 2.81 bits per heavy atom. The van der Waals surface area contributed by atoms with Crippen molar-refractivity contribution < 1.29 is 4.39 Å². The standard InChI is InChI=1S/C21H26FN5/c1-4-23-21(25-15(3)16-10-9-14(2)17(22)13-16)24-12-11-20-26-18-7-5-6-8-19(18)27-20/h5-10,13,15H,4,11-12H2,1-3H3,(H,26,27)(H2,23,24,25). The number of aromatic nitrogens is 2. The van der Waals surface area contributed by atoms with Gasteiger partial charge < -0.3 is 15.6 Å². The first-order valence-electron chi connectivity index (χ1n) is 9.31. The first-order chi connectivity index (χ1) is 13.1. The summed E-state index contributed by atoms with van der Waals surface area (Å²) < 4.78 is 13.8. The number of nitrogens with zero attached hydrogens (tertiary/aromatic N) is 2. The molecule has 1 aromatic heterocycles. The number of hydrogen-bond donors (Lipinski definition) is 3. The van der Waals surface area contributed by atoms with Gasteiger partial charge in [-0.15, -0.1) is 0 Å². The molecular formula is C21H26FN5. The minimum absolute atomic E-state index is 0.0518. The normalized spacial score (nSPS) is 13.0. The fraction of sp³-hybridized carbons (Fsp3) is 0.333. The van der Waals surface area contributed by atoms with Crippen LogP contribution in [0.25, 0.3) is 11.0 Å². The summed E-state index contributed by atoms with van der Waals surface area (Å²) in [4.78, 5) is 12.5. The minimum atomic E-state index is -0.187. The summed E-state index contributed by atoms with van der Waals surface area (Å²) in [5.41, 5.74) is 3.55. The van der Waals surface area contributed by atoms with E-state index in [9.17, 15) is 4.39 Å². The highest BCUT2D eigenvalue weighted by Crippen LogP contribution is 2.16. The van der Waals surface area contributed by atoms with Gasteiger partial charge in [0.15, 0.2) is 5.96 Å². The van der Waals surface area contributed by atoms with Gasteiger partial charge in [-0.05, 0) is 50.1 Å². The van der Waals surface area contributed by atoms with Crippen molar-refractivity contribution in [2.75, 3.05) is 13.1 Å². The van der Waals surface area contributed by atoms with Crippen LogP contribution in [0.4, 0.5) is 4.39 Å². The van der Waals surface area contributed by atoms with Crippen LogP contribution in [0.1, 0.15) is 36.8 Å². The molecule has 3 aromatic rings. The van der Waals surface area contributed by atoms with Gasteiger partial charge in [0.2, 0.25) is 0 Å². The highest BCUT2D eigenvalue weighted by Gasteiger charge is 2.10. The number of fused-ring (bicyclic) bond motifs is 1. The van der Waals surface area contributed by atoms with Crippen molar-refractivity contribution in [3.05, 3.63) is 65.2 Å². The minimum Gasteiger partial charge on any atom is -0.357 e. The van der Waals surface area contributed by atoms with Crippen molar-refractivity contribution in [1.82, 2.24) is 20.6 Å². The molecule has 27 heavy (non-hydrogen) atoms. The molecule has 0 saturated heterocycles. The van der Waals surface area contributed by atoms with Gasteiger partial charge in [-0.3, -0.25) is 4.99 Å². The number of aryl methyl sites for hydroxylation is 1. The van der Waals surface area contributed by atoms with E-state index in [-0.39, 0.29) is 11.9 Å². The van der Waals surface area contributed by atoms with E-state index in [0.29, 0.717) is 18.1 Å². The Kier molecular flexibility index (Phi) is 6.06. The fourth-order valence-electron chi connectivity index (χ4n) is 2.88. The van der Waals surface area contributed by atoms with Gasteiger partial charge in [-0.2, -0.15) is 0 Å². The van der Waals surface area contributed by atoms with Crippen LogP contribution in [-0.4, -0.2) is 29.0 Å². The number of aromatic amines is 1. The summed E-state index contributed by atoms with van der Waals surface area (Å²) in [6.45, 7) is 7.14. The average Bonchev–Trinajstić information content (AvgIpc) is 3.06. The number of para-hydroxylation sites is 2. The lowest BCUT2D eigenvalue weighted by molar-refractivity contribution is 0.607. The number of H-pyrrole nitrogens is 1. The van der Waals surface area contributed by atoms with Crippen molar-refractivity contribution in [2.24, 2.45) is 4.99 Å². The summed E-state index contributed by atoms with van der Waals surface area (Å²) in [5, 5.41) is 6.57. The number of rotatable bonds is 6. The Morgan fingerprint density at radius 1 is 1.26 bits per heavy atom. The fourth-order valence-corrected chi connectivity index (χ4v) is 2.88. The maximum Gasteiger partial charge on any atom is 0.191 e. The molecule has 1 heterocycles. The predicted molar refractivity (Wildman–Crippen MR) is 108 cm³/mol. The van der Waals surface area contributed by atoms with Gasteiger partial charge >= 0.3 is 0 Å². The molecule has 0 saturated carbocycles. The summed E-state index contributed by atoms with van der Waals surface area (Å²) in [6, 6.07) is 13.2. The van der Waals surface area contributed by atoms with E-state index < -0.39 is 0 Å². The first-order valence-corrected chi connectivity index (χ1v) is 9.31. The van der Waals surface area contributed by atoms with Crippen LogP contribution >= 0.6 is 0 Å². The van der Waals surface area contributed by atoms with Crippen molar-refractivity contribution in [3.63, 3.8) is 0 Å². The van der Waals surface area contributed by atoms with E-state index in [1.54, 1.807) is 19.1 Å². The second kappa shape index (κ2) is 8.66. The number of nitrogens with one attached hydrogen (secondary N) is 3. The van der Waals surface area contributed by atoms with Gasteiger partial charge in [0, 0.05) is 19.5 Å². The topological polar surface area (TPSA) is 65.1 Å². The van der Waals surface area contributed by atoms with Crippen molar-refractivity contribution in [3.8, 4) is 0 Å². The van der Waals surface area contributed by atoms with Crippen LogP contribution in [0.3, 0.4) is 0 Å². The zero-order valence-corrected chi connectivity index (χ0v) is 16.0. The SMILES string of the molecule is CCNC(=NCCc1nc2ccccc2[nH]1)NC(C)c1ccc(C)c(F)c1. The van der Waals surface area contributed by atoms with Crippen LogP contribution in [-0.2, 0) is 6.42 Å². The summed E-state index contributed by atoms with van der Waals surface area (Å²) in [7, 11) is 0. The van der Waals surface area contributed by atoms with Crippen LogP contribution in [0.15, 0.2) is 47.5 Å². The van der Waals surface area contributed by atoms with Crippen molar-refractivity contribution >= 4 is 17.0 Å². The lowest BCUT2D eigenvalue weighted by atomic mass is 10.1. The van der Waals surface area contributed by atoms with Gasteiger partial charge in [-0.25, -0.2) is 9.37 Å². The number of imidazole rings is 1. The van der Waals surface area contributed by atoms with Crippen molar-refractivity contribution in [1.29, 1.82) is 0 Å². The largest absolute Gasteiger partial charge is 0.357 e. The second-order valence-electron chi connectivity index (χ2n) is 6.59. The van der Waals surface area contributed by atoms with Crippen LogP contribution in [0.2, 0.25) is 0 Å². The molecule has 5 nitrogen and oxygen atoms in total.